The molecular formula is C15H21N3O2. The number of nitrogens with one attached hydrogen (secondary N) is 1. The highest BCUT2D eigenvalue weighted by Crippen LogP contribution is 2.27. The third-order valence-electron chi connectivity index (χ3n) is 2.94. The van der Waals surface area contributed by atoms with E-state index in [4.69, 9.17) is 9.47 Å². The number of hydrogen-bond acceptors (Lipinski definition) is 4. The molecule has 0 aliphatic heterocycles. The van der Waals surface area contributed by atoms with Crippen LogP contribution in [0.5, 0.6) is 11.5 Å². The van der Waals surface area contributed by atoms with Gasteiger partial charge in [-0.25, -0.2) is 0 Å². The maximum atomic E-state index is 5.50. The van der Waals surface area contributed by atoms with Crippen LogP contribution in [0.15, 0.2) is 30.6 Å². The van der Waals surface area contributed by atoms with Gasteiger partial charge in [0.15, 0.2) is 11.5 Å². The molecule has 0 fully saturated rings. The van der Waals surface area contributed by atoms with Crippen molar-refractivity contribution in [2.75, 3.05) is 13.7 Å². The molecule has 1 heterocycles. The van der Waals surface area contributed by atoms with Crippen LogP contribution in [0.25, 0.3) is 0 Å². The topological polar surface area (TPSA) is 48.3 Å². The van der Waals surface area contributed by atoms with E-state index in [9.17, 15) is 0 Å². The molecule has 108 valence electrons. The van der Waals surface area contributed by atoms with Crippen LogP contribution in [0.1, 0.15) is 18.1 Å². The summed E-state index contributed by atoms with van der Waals surface area (Å²) in [6.07, 6.45) is 3.87. The monoisotopic (exact) mass is 275 g/mol. The fourth-order valence-electron chi connectivity index (χ4n) is 2.01. The predicted octanol–water partition coefficient (Wildman–Crippen LogP) is 2.12. The van der Waals surface area contributed by atoms with Crippen LogP contribution in [0.3, 0.4) is 0 Å². The van der Waals surface area contributed by atoms with Gasteiger partial charge >= 0.3 is 0 Å². The lowest BCUT2D eigenvalue weighted by Gasteiger charge is -2.11. The van der Waals surface area contributed by atoms with Crippen molar-refractivity contribution >= 4 is 0 Å². The minimum absolute atomic E-state index is 0.634. The van der Waals surface area contributed by atoms with E-state index in [0.29, 0.717) is 6.61 Å². The summed E-state index contributed by atoms with van der Waals surface area (Å²) in [4.78, 5) is 0. The second-order valence-electron chi connectivity index (χ2n) is 4.54. The molecule has 2 aromatic rings. The third kappa shape index (κ3) is 3.74. The van der Waals surface area contributed by atoms with Gasteiger partial charge in [-0.1, -0.05) is 6.07 Å². The van der Waals surface area contributed by atoms with E-state index in [0.717, 1.165) is 30.2 Å². The third-order valence-corrected chi connectivity index (χ3v) is 2.94. The van der Waals surface area contributed by atoms with Crippen molar-refractivity contribution in [1.82, 2.24) is 15.1 Å². The molecule has 0 bridgehead atoms. The number of aromatic nitrogens is 2. The molecule has 2 rings (SSSR count). The van der Waals surface area contributed by atoms with Crippen molar-refractivity contribution in [2.24, 2.45) is 7.05 Å². The Bertz CT molecular complexity index is 552. The average molecular weight is 275 g/mol. The normalized spacial score (nSPS) is 10.6. The molecule has 0 aliphatic rings. The second-order valence-corrected chi connectivity index (χ2v) is 4.54. The molecule has 1 N–H and O–H groups in total. The molecular weight excluding hydrogens is 254 g/mol. The lowest BCUT2D eigenvalue weighted by molar-refractivity contribution is 0.310. The largest absolute Gasteiger partial charge is 0.493 e. The first-order valence-electron chi connectivity index (χ1n) is 6.71. The minimum atomic E-state index is 0.634. The van der Waals surface area contributed by atoms with Crippen LogP contribution in [-0.2, 0) is 20.1 Å². The van der Waals surface area contributed by atoms with Gasteiger partial charge in [0, 0.05) is 31.9 Å². The summed E-state index contributed by atoms with van der Waals surface area (Å²) in [7, 11) is 3.57. The fourth-order valence-corrected chi connectivity index (χ4v) is 2.01. The Labute approximate surface area is 119 Å². The highest BCUT2D eigenvalue weighted by atomic mass is 16.5. The van der Waals surface area contributed by atoms with Gasteiger partial charge in [-0.2, -0.15) is 5.10 Å². The number of methoxy groups -OCH3 is 1. The van der Waals surface area contributed by atoms with Crippen molar-refractivity contribution in [3.63, 3.8) is 0 Å². The number of ether oxygens (including phenoxy) is 2. The first-order valence-corrected chi connectivity index (χ1v) is 6.71. The van der Waals surface area contributed by atoms with Crippen LogP contribution < -0.4 is 14.8 Å². The van der Waals surface area contributed by atoms with Gasteiger partial charge in [-0.05, 0) is 24.6 Å². The van der Waals surface area contributed by atoms with Gasteiger partial charge in [-0.3, -0.25) is 4.68 Å². The molecule has 0 saturated heterocycles. The summed E-state index contributed by atoms with van der Waals surface area (Å²) in [5, 5.41) is 7.53. The van der Waals surface area contributed by atoms with Gasteiger partial charge in [-0.15, -0.1) is 0 Å². The standard InChI is InChI=1S/C15H21N3O2/c1-4-20-14-6-5-12(7-15(14)19-3)8-16-9-13-10-17-18(2)11-13/h5-7,10-11,16H,4,8-9H2,1-3H3. The summed E-state index contributed by atoms with van der Waals surface area (Å²) in [5.74, 6) is 1.55. The maximum absolute atomic E-state index is 5.50. The molecule has 0 unspecified atom stereocenters. The lowest BCUT2D eigenvalue weighted by Crippen LogP contribution is -2.12. The molecule has 0 atom stereocenters. The van der Waals surface area contributed by atoms with Crippen molar-refractivity contribution < 1.29 is 9.47 Å². The molecule has 0 amide bonds. The summed E-state index contributed by atoms with van der Waals surface area (Å²) in [6, 6.07) is 5.99. The van der Waals surface area contributed by atoms with E-state index >= 15 is 0 Å². The van der Waals surface area contributed by atoms with Gasteiger partial charge < -0.3 is 14.8 Å². The van der Waals surface area contributed by atoms with Crippen LogP contribution in [0.2, 0.25) is 0 Å². The van der Waals surface area contributed by atoms with Crippen LogP contribution in [-0.4, -0.2) is 23.5 Å². The maximum Gasteiger partial charge on any atom is 0.161 e. The van der Waals surface area contributed by atoms with Crippen molar-refractivity contribution in [1.29, 1.82) is 0 Å². The fraction of sp³-hybridized carbons (Fsp3) is 0.400. The smallest absolute Gasteiger partial charge is 0.161 e. The Hall–Kier alpha value is -2.01. The first kappa shape index (κ1) is 14.4. The Kier molecular flexibility index (Phi) is 5.01. The molecule has 5 heteroatoms. The van der Waals surface area contributed by atoms with Gasteiger partial charge in [0.25, 0.3) is 0 Å². The molecule has 0 aliphatic carbocycles. The van der Waals surface area contributed by atoms with Gasteiger partial charge in [0.1, 0.15) is 0 Å². The minimum Gasteiger partial charge on any atom is -0.493 e. The number of nitrogens with zero attached hydrogens (tertiary/aromatic N) is 2. The van der Waals surface area contributed by atoms with E-state index in [1.54, 1.807) is 11.8 Å². The zero-order valence-corrected chi connectivity index (χ0v) is 12.2. The van der Waals surface area contributed by atoms with Crippen molar-refractivity contribution in [3.8, 4) is 11.5 Å². The number of rotatable bonds is 7. The molecule has 20 heavy (non-hydrogen) atoms. The predicted molar refractivity (Wildman–Crippen MR) is 77.9 cm³/mol. The summed E-state index contributed by atoms with van der Waals surface area (Å²) < 4.78 is 12.6. The first-order chi connectivity index (χ1) is 9.72. The molecule has 1 aromatic carbocycles. The summed E-state index contributed by atoms with van der Waals surface area (Å²) in [6.45, 7) is 4.17. The Morgan fingerprint density at radius 2 is 2.00 bits per heavy atom. The van der Waals surface area contributed by atoms with E-state index < -0.39 is 0 Å². The number of benzene rings is 1. The van der Waals surface area contributed by atoms with Gasteiger partial charge in [0.05, 0.1) is 19.9 Å². The average Bonchev–Trinajstić information content (AvgIpc) is 2.86. The zero-order chi connectivity index (χ0) is 14.4. The van der Waals surface area contributed by atoms with Crippen LogP contribution >= 0.6 is 0 Å². The molecule has 0 saturated carbocycles. The van der Waals surface area contributed by atoms with Crippen LogP contribution in [0.4, 0.5) is 0 Å². The molecule has 1 aromatic heterocycles. The van der Waals surface area contributed by atoms with E-state index in [1.165, 1.54) is 5.56 Å². The van der Waals surface area contributed by atoms with Gasteiger partial charge in [0.2, 0.25) is 0 Å². The summed E-state index contributed by atoms with van der Waals surface area (Å²) in [5.41, 5.74) is 2.33. The zero-order valence-electron chi connectivity index (χ0n) is 12.2. The van der Waals surface area contributed by atoms with E-state index in [1.807, 2.05) is 44.6 Å². The number of aryl methyl sites for hydroxylation is 1. The molecule has 0 radical (unpaired) electrons. The SMILES string of the molecule is CCOc1ccc(CNCc2cnn(C)c2)cc1OC. The Balaban J connectivity index is 1.92. The van der Waals surface area contributed by atoms with Crippen molar-refractivity contribution in [3.05, 3.63) is 41.7 Å². The second kappa shape index (κ2) is 6.96. The molecule has 0 spiro atoms. The molecule has 5 nitrogen and oxygen atoms in total. The lowest BCUT2D eigenvalue weighted by atomic mass is 10.2. The van der Waals surface area contributed by atoms with E-state index in [-0.39, 0.29) is 0 Å². The highest BCUT2D eigenvalue weighted by molar-refractivity contribution is 5.42. The quantitative estimate of drug-likeness (QED) is 0.841. The Morgan fingerprint density at radius 1 is 1.20 bits per heavy atom. The summed E-state index contributed by atoms with van der Waals surface area (Å²) >= 11 is 0. The van der Waals surface area contributed by atoms with Crippen LogP contribution in [0, 0.1) is 0 Å². The van der Waals surface area contributed by atoms with Crippen molar-refractivity contribution in [2.45, 2.75) is 20.0 Å². The number of hydrogen-bond donors (Lipinski definition) is 1. The Morgan fingerprint density at radius 3 is 2.65 bits per heavy atom. The highest BCUT2D eigenvalue weighted by Gasteiger charge is 2.05. The van der Waals surface area contributed by atoms with E-state index in [2.05, 4.69) is 10.4 Å².